The molecule has 0 bridgehead atoms. The van der Waals surface area contributed by atoms with Crippen molar-refractivity contribution in [3.63, 3.8) is 0 Å². The number of pyridine rings is 1. The van der Waals surface area contributed by atoms with E-state index in [1.807, 2.05) is 18.3 Å². The van der Waals surface area contributed by atoms with Gasteiger partial charge in [0.1, 0.15) is 6.04 Å². The Morgan fingerprint density at radius 1 is 1.13 bits per heavy atom. The Morgan fingerprint density at radius 3 is 2.83 bits per heavy atom. The van der Waals surface area contributed by atoms with E-state index in [0.717, 1.165) is 48.5 Å². The first kappa shape index (κ1) is 18.6. The average molecular weight is 403 g/mol. The number of ether oxygens (including phenoxy) is 1. The van der Waals surface area contributed by atoms with E-state index in [0.29, 0.717) is 23.6 Å². The molecule has 0 amide bonds. The molecule has 0 aliphatic carbocycles. The summed E-state index contributed by atoms with van der Waals surface area (Å²) >= 11 is 0. The van der Waals surface area contributed by atoms with Crippen LogP contribution in [0.25, 0.3) is 16.6 Å². The summed E-state index contributed by atoms with van der Waals surface area (Å²) in [6.45, 7) is 4.95. The molecule has 1 fully saturated rings. The Morgan fingerprint density at radius 2 is 2.00 bits per heavy atom. The zero-order chi connectivity index (χ0) is 20.5. The van der Waals surface area contributed by atoms with Crippen molar-refractivity contribution in [2.24, 2.45) is 5.18 Å². The van der Waals surface area contributed by atoms with E-state index in [-0.39, 0.29) is 0 Å². The summed E-state index contributed by atoms with van der Waals surface area (Å²) in [5.74, 6) is 0.710. The summed E-state index contributed by atoms with van der Waals surface area (Å²) in [6.07, 6.45) is 2.49. The third-order valence-corrected chi connectivity index (χ3v) is 5.40. The zero-order valence-electron chi connectivity index (χ0n) is 16.6. The smallest absolute Gasteiger partial charge is 0.177 e. The van der Waals surface area contributed by atoms with Crippen molar-refractivity contribution in [2.45, 2.75) is 19.4 Å². The highest BCUT2D eigenvalue weighted by atomic mass is 16.5. The topological polar surface area (TPSA) is 97.9 Å². The molecule has 5 rings (SSSR count). The Hall–Kier alpha value is -3.46. The standard InChI is InChI=1S/C21H21N7O2/c1-14(26-29)18-4-5-20-23-24-21(28(20)25-18)11-15-2-3-19-16(10-15)12-17(13-22-19)27-6-8-30-9-7-27/h2-5,10,12-14H,6-9,11H2,1H3. The van der Waals surface area contributed by atoms with Crippen LogP contribution in [0.3, 0.4) is 0 Å². The highest BCUT2D eigenvalue weighted by Crippen LogP contribution is 2.23. The van der Waals surface area contributed by atoms with Crippen molar-refractivity contribution in [2.75, 3.05) is 31.2 Å². The van der Waals surface area contributed by atoms with Gasteiger partial charge in [-0.2, -0.15) is 14.5 Å². The highest BCUT2D eigenvalue weighted by Gasteiger charge is 2.14. The van der Waals surface area contributed by atoms with Crippen LogP contribution in [-0.4, -0.2) is 51.1 Å². The molecule has 152 valence electrons. The number of hydrogen-bond acceptors (Lipinski definition) is 8. The van der Waals surface area contributed by atoms with Crippen LogP contribution in [0.5, 0.6) is 0 Å². The van der Waals surface area contributed by atoms with Crippen LogP contribution in [0.4, 0.5) is 5.69 Å². The molecule has 1 aromatic carbocycles. The van der Waals surface area contributed by atoms with Gasteiger partial charge in [-0.3, -0.25) is 4.98 Å². The minimum absolute atomic E-state index is 0.519. The monoisotopic (exact) mass is 403 g/mol. The average Bonchev–Trinajstić information content (AvgIpc) is 3.20. The lowest BCUT2D eigenvalue weighted by Gasteiger charge is -2.28. The Bertz CT molecular complexity index is 1220. The van der Waals surface area contributed by atoms with Gasteiger partial charge >= 0.3 is 0 Å². The van der Waals surface area contributed by atoms with Crippen LogP contribution in [0.15, 0.2) is 47.8 Å². The number of aromatic nitrogens is 5. The maximum Gasteiger partial charge on any atom is 0.177 e. The summed E-state index contributed by atoms with van der Waals surface area (Å²) in [5.41, 5.74) is 4.39. The van der Waals surface area contributed by atoms with Gasteiger partial charge in [0, 0.05) is 24.9 Å². The van der Waals surface area contributed by atoms with Gasteiger partial charge in [0.15, 0.2) is 11.5 Å². The molecule has 9 nitrogen and oxygen atoms in total. The third-order valence-electron chi connectivity index (χ3n) is 5.40. The fraction of sp³-hybridized carbons (Fsp3) is 0.333. The molecule has 3 aromatic heterocycles. The molecule has 0 saturated carbocycles. The first-order valence-corrected chi connectivity index (χ1v) is 9.96. The molecule has 4 heterocycles. The van der Waals surface area contributed by atoms with E-state index in [1.54, 1.807) is 23.6 Å². The molecular weight excluding hydrogens is 382 g/mol. The minimum atomic E-state index is -0.519. The van der Waals surface area contributed by atoms with E-state index in [1.165, 1.54) is 0 Å². The fourth-order valence-corrected chi connectivity index (χ4v) is 3.69. The second-order valence-corrected chi connectivity index (χ2v) is 7.42. The number of morpholine rings is 1. The van der Waals surface area contributed by atoms with Gasteiger partial charge in [-0.25, -0.2) is 0 Å². The lowest BCUT2D eigenvalue weighted by atomic mass is 10.1. The number of nitroso groups, excluding NO2 is 1. The molecule has 0 spiro atoms. The van der Waals surface area contributed by atoms with Gasteiger partial charge in [0.05, 0.1) is 36.3 Å². The van der Waals surface area contributed by atoms with Crippen LogP contribution >= 0.6 is 0 Å². The van der Waals surface area contributed by atoms with Crippen molar-refractivity contribution >= 4 is 22.2 Å². The molecular formula is C21H21N7O2. The Labute approximate surface area is 172 Å². The largest absolute Gasteiger partial charge is 0.378 e. The van der Waals surface area contributed by atoms with E-state index in [2.05, 4.69) is 42.5 Å². The minimum Gasteiger partial charge on any atom is -0.378 e. The molecule has 1 saturated heterocycles. The molecule has 0 radical (unpaired) electrons. The highest BCUT2D eigenvalue weighted by molar-refractivity contribution is 5.82. The van der Waals surface area contributed by atoms with Crippen LogP contribution < -0.4 is 4.90 Å². The molecule has 9 heteroatoms. The maximum atomic E-state index is 10.9. The number of nitrogens with zero attached hydrogens (tertiary/aromatic N) is 7. The normalized spacial score (nSPS) is 15.6. The summed E-state index contributed by atoms with van der Waals surface area (Å²) in [5, 5.41) is 17.1. The second kappa shape index (κ2) is 7.75. The molecule has 1 aliphatic rings. The van der Waals surface area contributed by atoms with Crippen molar-refractivity contribution < 1.29 is 4.74 Å². The molecule has 0 N–H and O–H groups in total. The van der Waals surface area contributed by atoms with Crippen molar-refractivity contribution in [3.8, 4) is 0 Å². The van der Waals surface area contributed by atoms with Gasteiger partial charge in [-0.1, -0.05) is 11.2 Å². The lowest BCUT2D eigenvalue weighted by molar-refractivity contribution is 0.122. The van der Waals surface area contributed by atoms with Gasteiger partial charge in [-0.05, 0) is 42.8 Å². The quantitative estimate of drug-likeness (QED) is 0.473. The van der Waals surface area contributed by atoms with Gasteiger partial charge in [0.25, 0.3) is 0 Å². The zero-order valence-corrected chi connectivity index (χ0v) is 16.6. The molecule has 1 unspecified atom stereocenters. The third kappa shape index (κ3) is 3.48. The molecule has 1 aliphatic heterocycles. The van der Waals surface area contributed by atoms with Gasteiger partial charge < -0.3 is 9.64 Å². The Kier molecular flexibility index (Phi) is 4.80. The number of rotatable bonds is 5. The number of anilines is 1. The summed E-state index contributed by atoms with van der Waals surface area (Å²) < 4.78 is 7.13. The van der Waals surface area contributed by atoms with Crippen LogP contribution in [0.1, 0.15) is 30.0 Å². The van der Waals surface area contributed by atoms with Crippen molar-refractivity contribution in [1.82, 2.24) is 24.8 Å². The van der Waals surface area contributed by atoms with Crippen LogP contribution in [0.2, 0.25) is 0 Å². The van der Waals surface area contributed by atoms with Crippen LogP contribution in [-0.2, 0) is 11.2 Å². The van der Waals surface area contributed by atoms with E-state index in [9.17, 15) is 4.91 Å². The first-order valence-electron chi connectivity index (χ1n) is 9.96. The molecule has 1 atom stereocenters. The summed E-state index contributed by atoms with van der Waals surface area (Å²) in [4.78, 5) is 17.8. The van der Waals surface area contributed by atoms with Gasteiger partial charge in [0.2, 0.25) is 0 Å². The van der Waals surface area contributed by atoms with Crippen molar-refractivity contribution in [1.29, 1.82) is 0 Å². The predicted octanol–water partition coefficient (Wildman–Crippen LogP) is 2.93. The van der Waals surface area contributed by atoms with E-state index >= 15 is 0 Å². The summed E-state index contributed by atoms with van der Waals surface area (Å²) in [7, 11) is 0. The van der Waals surface area contributed by atoms with Crippen molar-refractivity contribution in [3.05, 3.63) is 64.6 Å². The van der Waals surface area contributed by atoms with Crippen LogP contribution in [0, 0.1) is 4.91 Å². The number of benzene rings is 1. The molecule has 30 heavy (non-hydrogen) atoms. The second-order valence-electron chi connectivity index (χ2n) is 7.42. The van der Waals surface area contributed by atoms with E-state index in [4.69, 9.17) is 4.74 Å². The van der Waals surface area contributed by atoms with Gasteiger partial charge in [-0.15, -0.1) is 10.2 Å². The predicted molar refractivity (Wildman–Crippen MR) is 113 cm³/mol. The molecule has 4 aromatic rings. The fourth-order valence-electron chi connectivity index (χ4n) is 3.69. The maximum absolute atomic E-state index is 10.9. The summed E-state index contributed by atoms with van der Waals surface area (Å²) in [6, 6.07) is 11.4. The SMILES string of the molecule is CC(N=O)c1ccc2nnc(Cc3ccc4ncc(N5CCOCC5)cc4c3)n2n1. The number of fused-ring (bicyclic) bond motifs is 2. The lowest BCUT2D eigenvalue weighted by Crippen LogP contribution is -2.36. The van der Waals surface area contributed by atoms with E-state index < -0.39 is 6.04 Å². The Balaban J connectivity index is 1.46. The number of hydrogen-bond donors (Lipinski definition) is 0. The first-order chi connectivity index (χ1) is 14.7.